The third-order valence-electron chi connectivity index (χ3n) is 7.07. The molecule has 6 heteroatoms. The average Bonchev–Trinajstić information content (AvgIpc) is 2.91. The summed E-state index contributed by atoms with van der Waals surface area (Å²) in [7, 11) is 0. The third kappa shape index (κ3) is 7.14. The molecular formula is C33H36Cl2N2O2. The maximum atomic E-state index is 6.25. The smallest absolute Gasteiger partial charge is 0.156 e. The number of benzene rings is 4. The van der Waals surface area contributed by atoms with Crippen LogP contribution in [0, 0.1) is 20.8 Å². The van der Waals surface area contributed by atoms with Crippen LogP contribution in [0.3, 0.4) is 0 Å². The standard InChI is InChI=1S/C33H36Cl2N2O2/c1-21-15-31(34)33(32(35)16-21)39-14-13-38-27-10-7-24(8-11-27)18-26(19-36)28-12-9-25(17-23(28)3)29-6-4-5-22(2)30(29)20-37/h4-12,15-17,26H,13-14,18-20,36-37H2,1-3H3. The van der Waals surface area contributed by atoms with E-state index in [0.717, 1.165) is 17.7 Å². The zero-order valence-corrected chi connectivity index (χ0v) is 24.3. The fraction of sp³-hybridized carbons (Fsp3) is 0.273. The van der Waals surface area contributed by atoms with Gasteiger partial charge in [-0.1, -0.05) is 71.7 Å². The SMILES string of the molecule is Cc1cc(Cl)c(OCCOc2ccc(CC(CN)c3ccc(-c4cccc(C)c4CN)cc3C)cc2)c(Cl)c1. The van der Waals surface area contributed by atoms with Crippen LogP contribution in [0.25, 0.3) is 11.1 Å². The van der Waals surface area contributed by atoms with Gasteiger partial charge in [-0.2, -0.15) is 0 Å². The number of halogens is 2. The van der Waals surface area contributed by atoms with E-state index in [9.17, 15) is 0 Å². The van der Waals surface area contributed by atoms with Crippen molar-refractivity contribution in [2.75, 3.05) is 19.8 Å². The molecular weight excluding hydrogens is 527 g/mol. The van der Waals surface area contributed by atoms with Gasteiger partial charge in [-0.3, -0.25) is 0 Å². The number of ether oxygens (including phenoxy) is 2. The molecule has 0 saturated heterocycles. The van der Waals surface area contributed by atoms with Crippen molar-refractivity contribution < 1.29 is 9.47 Å². The summed E-state index contributed by atoms with van der Waals surface area (Å²) in [5.41, 5.74) is 21.8. The van der Waals surface area contributed by atoms with Crippen LogP contribution in [0.4, 0.5) is 0 Å². The number of hydrogen-bond donors (Lipinski definition) is 2. The summed E-state index contributed by atoms with van der Waals surface area (Å²) in [5, 5.41) is 0.998. The molecule has 0 fully saturated rings. The number of hydrogen-bond acceptors (Lipinski definition) is 4. The molecule has 0 heterocycles. The molecule has 204 valence electrons. The second-order valence-corrected chi connectivity index (χ2v) is 10.7. The molecule has 0 radical (unpaired) electrons. The lowest BCUT2D eigenvalue weighted by molar-refractivity contribution is 0.217. The van der Waals surface area contributed by atoms with Gasteiger partial charge in [0.1, 0.15) is 19.0 Å². The molecule has 4 aromatic rings. The van der Waals surface area contributed by atoms with E-state index in [2.05, 4.69) is 62.4 Å². The zero-order valence-electron chi connectivity index (χ0n) is 22.8. The molecule has 1 atom stereocenters. The fourth-order valence-electron chi connectivity index (χ4n) is 5.00. The van der Waals surface area contributed by atoms with Crippen LogP contribution in [0.5, 0.6) is 11.5 Å². The van der Waals surface area contributed by atoms with E-state index in [0.29, 0.717) is 42.1 Å². The average molecular weight is 564 g/mol. The molecule has 0 aliphatic heterocycles. The summed E-state index contributed by atoms with van der Waals surface area (Å²) in [4.78, 5) is 0. The number of aryl methyl sites for hydroxylation is 3. The molecule has 0 aliphatic rings. The van der Waals surface area contributed by atoms with Gasteiger partial charge in [-0.15, -0.1) is 0 Å². The Labute approximate surface area is 241 Å². The minimum absolute atomic E-state index is 0.217. The molecule has 0 bridgehead atoms. The van der Waals surface area contributed by atoms with Crippen LogP contribution in [0.2, 0.25) is 10.0 Å². The van der Waals surface area contributed by atoms with Crippen molar-refractivity contribution in [1.82, 2.24) is 0 Å². The van der Waals surface area contributed by atoms with E-state index < -0.39 is 0 Å². The van der Waals surface area contributed by atoms with Crippen LogP contribution in [0.15, 0.2) is 72.8 Å². The first-order valence-electron chi connectivity index (χ1n) is 13.2. The zero-order chi connectivity index (χ0) is 27.9. The van der Waals surface area contributed by atoms with Crippen molar-refractivity contribution in [3.63, 3.8) is 0 Å². The maximum absolute atomic E-state index is 6.25. The van der Waals surface area contributed by atoms with Crippen LogP contribution in [-0.2, 0) is 13.0 Å². The van der Waals surface area contributed by atoms with Gasteiger partial charge in [0.25, 0.3) is 0 Å². The van der Waals surface area contributed by atoms with Gasteiger partial charge >= 0.3 is 0 Å². The Morgan fingerprint density at radius 2 is 1.46 bits per heavy atom. The van der Waals surface area contributed by atoms with Crippen molar-refractivity contribution in [2.24, 2.45) is 11.5 Å². The quantitative estimate of drug-likeness (QED) is 0.183. The highest BCUT2D eigenvalue weighted by Gasteiger charge is 2.15. The third-order valence-corrected chi connectivity index (χ3v) is 7.63. The predicted molar refractivity (Wildman–Crippen MR) is 163 cm³/mol. The van der Waals surface area contributed by atoms with E-state index in [4.69, 9.17) is 44.1 Å². The summed E-state index contributed by atoms with van der Waals surface area (Å²) in [6.45, 7) is 8.02. The lowest BCUT2D eigenvalue weighted by Crippen LogP contribution is -2.16. The minimum atomic E-state index is 0.217. The molecule has 0 amide bonds. The predicted octanol–water partition coefficient (Wildman–Crippen LogP) is 7.79. The van der Waals surface area contributed by atoms with Crippen LogP contribution >= 0.6 is 23.2 Å². The van der Waals surface area contributed by atoms with Gasteiger partial charge in [0.2, 0.25) is 0 Å². The first kappa shape index (κ1) is 29.0. The molecule has 0 spiro atoms. The minimum Gasteiger partial charge on any atom is -0.490 e. The van der Waals surface area contributed by atoms with E-state index >= 15 is 0 Å². The van der Waals surface area contributed by atoms with E-state index in [1.165, 1.54) is 38.9 Å². The van der Waals surface area contributed by atoms with Gasteiger partial charge < -0.3 is 20.9 Å². The lowest BCUT2D eigenvalue weighted by Gasteiger charge is -2.20. The molecule has 4 rings (SSSR count). The highest BCUT2D eigenvalue weighted by molar-refractivity contribution is 6.37. The first-order chi connectivity index (χ1) is 18.8. The summed E-state index contributed by atoms with van der Waals surface area (Å²) >= 11 is 12.5. The molecule has 4 N–H and O–H groups in total. The summed E-state index contributed by atoms with van der Waals surface area (Å²) in [5.74, 6) is 1.48. The van der Waals surface area contributed by atoms with Crippen molar-refractivity contribution in [1.29, 1.82) is 0 Å². The van der Waals surface area contributed by atoms with Crippen LogP contribution in [-0.4, -0.2) is 19.8 Å². The summed E-state index contributed by atoms with van der Waals surface area (Å²) in [6, 6.07) is 24.8. The Morgan fingerprint density at radius 3 is 2.10 bits per heavy atom. The van der Waals surface area contributed by atoms with Gasteiger partial charge in [0.15, 0.2) is 5.75 Å². The Balaban J connectivity index is 1.36. The van der Waals surface area contributed by atoms with Gasteiger partial charge in [-0.25, -0.2) is 0 Å². The van der Waals surface area contributed by atoms with Crippen LogP contribution in [0.1, 0.15) is 39.3 Å². The summed E-state index contributed by atoms with van der Waals surface area (Å²) < 4.78 is 11.6. The Kier molecular flexibility index (Phi) is 9.93. The second-order valence-electron chi connectivity index (χ2n) is 9.91. The topological polar surface area (TPSA) is 70.5 Å². The largest absolute Gasteiger partial charge is 0.490 e. The van der Waals surface area contributed by atoms with E-state index in [1.807, 2.05) is 31.2 Å². The van der Waals surface area contributed by atoms with Crippen molar-refractivity contribution in [3.05, 3.63) is 116 Å². The van der Waals surface area contributed by atoms with Crippen molar-refractivity contribution in [2.45, 2.75) is 39.7 Å². The molecule has 0 aliphatic carbocycles. The number of rotatable bonds is 11. The fourth-order valence-corrected chi connectivity index (χ4v) is 5.70. The molecule has 4 aromatic carbocycles. The molecule has 4 nitrogen and oxygen atoms in total. The molecule has 0 saturated carbocycles. The maximum Gasteiger partial charge on any atom is 0.156 e. The molecule has 1 unspecified atom stereocenters. The Morgan fingerprint density at radius 1 is 0.769 bits per heavy atom. The normalized spacial score (nSPS) is 11.9. The molecule has 39 heavy (non-hydrogen) atoms. The van der Waals surface area contributed by atoms with Crippen molar-refractivity contribution in [3.8, 4) is 22.6 Å². The van der Waals surface area contributed by atoms with E-state index in [-0.39, 0.29) is 5.92 Å². The van der Waals surface area contributed by atoms with Crippen LogP contribution < -0.4 is 20.9 Å². The second kappa shape index (κ2) is 13.4. The van der Waals surface area contributed by atoms with E-state index in [1.54, 1.807) is 0 Å². The monoisotopic (exact) mass is 562 g/mol. The lowest BCUT2D eigenvalue weighted by atomic mass is 9.86. The Bertz CT molecular complexity index is 1400. The highest BCUT2D eigenvalue weighted by Crippen LogP contribution is 2.34. The Hall–Kier alpha value is -3.02. The summed E-state index contributed by atoms with van der Waals surface area (Å²) in [6.07, 6.45) is 0.850. The van der Waals surface area contributed by atoms with Gasteiger partial charge in [0, 0.05) is 12.5 Å². The number of nitrogens with two attached hydrogens (primary N) is 2. The van der Waals surface area contributed by atoms with Crippen molar-refractivity contribution >= 4 is 23.2 Å². The molecule has 0 aromatic heterocycles. The highest BCUT2D eigenvalue weighted by atomic mass is 35.5. The van der Waals surface area contributed by atoms with Gasteiger partial charge in [-0.05, 0) is 103 Å². The first-order valence-corrected chi connectivity index (χ1v) is 14.0. The van der Waals surface area contributed by atoms with Gasteiger partial charge in [0.05, 0.1) is 10.0 Å².